The van der Waals surface area contributed by atoms with Crippen molar-refractivity contribution in [3.05, 3.63) is 62.4 Å². The van der Waals surface area contributed by atoms with Crippen LogP contribution in [0.5, 0.6) is 0 Å². The topological polar surface area (TPSA) is 95.2 Å². The molecule has 2 heterocycles. The first kappa shape index (κ1) is 30.2. The van der Waals surface area contributed by atoms with Crippen molar-refractivity contribution in [2.45, 2.75) is 58.7 Å². The molecule has 1 aliphatic heterocycles. The van der Waals surface area contributed by atoms with Gasteiger partial charge in [-0.1, -0.05) is 50.0 Å². The molecule has 2 N–H and O–H groups in total. The number of rotatable bonds is 7. The number of aliphatic imine (C=N–C) groups is 1. The number of aromatic nitrogens is 2. The SMILES string of the molecule is CON(C)c1nc2cc(N/C(=N/[C@H]3C[C@@H]4C[C@H]([C@@H]3C)C4(C)C)N3CC(O)C3)ccc2c(=O)n1CCc1ccc(Cl)cc1Cl. The molecule has 4 atom stereocenters. The van der Waals surface area contributed by atoms with Crippen molar-refractivity contribution in [2.75, 3.05) is 37.6 Å². The molecule has 1 saturated heterocycles. The number of β-amino-alcohol motifs (C(OH)–C–C–N with tert-alkyl or cyclic N) is 1. The first-order chi connectivity index (χ1) is 20.5. The molecular formula is C32H40Cl2N6O3. The highest BCUT2D eigenvalue weighted by Gasteiger charge is 2.56. The van der Waals surface area contributed by atoms with Gasteiger partial charge in [-0.25, -0.2) is 15.0 Å². The van der Waals surface area contributed by atoms with Gasteiger partial charge in [0.1, 0.15) is 0 Å². The quantitative estimate of drug-likeness (QED) is 0.204. The zero-order valence-corrected chi connectivity index (χ0v) is 26.9. The second-order valence-corrected chi connectivity index (χ2v) is 13.8. The fourth-order valence-corrected chi connectivity index (χ4v) is 7.67. The van der Waals surface area contributed by atoms with E-state index in [2.05, 4.69) is 31.0 Å². The van der Waals surface area contributed by atoms with Crippen LogP contribution in [0.15, 0.2) is 46.2 Å². The Balaban J connectivity index is 1.30. The number of halogens is 2. The predicted octanol–water partition coefficient (Wildman–Crippen LogP) is 5.46. The van der Waals surface area contributed by atoms with Crippen molar-refractivity contribution in [3.8, 4) is 0 Å². The van der Waals surface area contributed by atoms with Crippen LogP contribution in [0.25, 0.3) is 10.9 Å². The fraction of sp³-hybridized carbons (Fsp3) is 0.531. The summed E-state index contributed by atoms with van der Waals surface area (Å²) in [5, 5.41) is 16.7. The second kappa shape index (κ2) is 11.6. The normalized spacial score (nSPS) is 24.9. The van der Waals surface area contributed by atoms with Gasteiger partial charge in [-0.3, -0.25) is 14.2 Å². The van der Waals surface area contributed by atoms with Gasteiger partial charge in [0.2, 0.25) is 5.95 Å². The van der Waals surface area contributed by atoms with Crippen LogP contribution in [0, 0.1) is 23.2 Å². The van der Waals surface area contributed by atoms with E-state index in [-0.39, 0.29) is 17.7 Å². The maximum absolute atomic E-state index is 13.8. The summed E-state index contributed by atoms with van der Waals surface area (Å²) in [5.74, 6) is 3.03. The molecular weight excluding hydrogens is 587 g/mol. The monoisotopic (exact) mass is 626 g/mol. The number of anilines is 2. The largest absolute Gasteiger partial charge is 0.389 e. The number of guanidine groups is 1. The molecule has 7 rings (SSSR count). The molecule has 1 aromatic heterocycles. The number of hydroxylamine groups is 1. The average Bonchev–Trinajstić information content (AvgIpc) is 2.95. The van der Waals surface area contributed by atoms with Crippen LogP contribution in [0.3, 0.4) is 0 Å². The van der Waals surface area contributed by atoms with Gasteiger partial charge in [0, 0.05) is 42.4 Å². The van der Waals surface area contributed by atoms with Gasteiger partial charge in [0.25, 0.3) is 5.56 Å². The minimum atomic E-state index is -0.352. The number of likely N-dealkylation sites (tertiary alicyclic amines) is 1. The van der Waals surface area contributed by atoms with Gasteiger partial charge in [-0.15, -0.1) is 0 Å². The van der Waals surface area contributed by atoms with Crippen LogP contribution in [0.1, 0.15) is 39.2 Å². The van der Waals surface area contributed by atoms with E-state index in [1.54, 1.807) is 29.8 Å². The van der Waals surface area contributed by atoms with E-state index in [0.29, 0.717) is 76.1 Å². The van der Waals surface area contributed by atoms with Crippen molar-refractivity contribution in [1.29, 1.82) is 0 Å². The van der Waals surface area contributed by atoms with Crippen molar-refractivity contribution in [3.63, 3.8) is 0 Å². The molecule has 0 radical (unpaired) electrons. The smallest absolute Gasteiger partial charge is 0.262 e. The third kappa shape index (κ3) is 5.61. The zero-order chi connectivity index (χ0) is 30.6. The summed E-state index contributed by atoms with van der Waals surface area (Å²) < 4.78 is 1.61. The van der Waals surface area contributed by atoms with Crippen LogP contribution in [-0.4, -0.2) is 64.9 Å². The van der Waals surface area contributed by atoms with Crippen molar-refractivity contribution < 1.29 is 9.94 Å². The Bertz CT molecular complexity index is 1620. The number of fused-ring (bicyclic) bond motifs is 3. The lowest BCUT2D eigenvalue weighted by Crippen LogP contribution is -2.58. The summed E-state index contributed by atoms with van der Waals surface area (Å²) in [6.07, 6.45) is 2.55. The van der Waals surface area contributed by atoms with E-state index in [1.807, 2.05) is 18.2 Å². The average molecular weight is 628 g/mol. The molecule has 0 amide bonds. The van der Waals surface area contributed by atoms with Gasteiger partial charge >= 0.3 is 0 Å². The summed E-state index contributed by atoms with van der Waals surface area (Å²) in [6.45, 7) is 8.57. The fourth-order valence-electron chi connectivity index (χ4n) is 7.17. The number of benzene rings is 2. The Labute approximate surface area is 262 Å². The molecule has 11 heteroatoms. The van der Waals surface area contributed by atoms with Crippen molar-refractivity contribution in [2.24, 2.45) is 28.2 Å². The van der Waals surface area contributed by atoms with E-state index in [4.69, 9.17) is 38.0 Å². The van der Waals surface area contributed by atoms with Gasteiger partial charge in [-0.05, 0) is 78.3 Å². The number of nitrogens with one attached hydrogen (secondary N) is 1. The summed E-state index contributed by atoms with van der Waals surface area (Å²) in [7, 11) is 3.26. The molecule has 230 valence electrons. The van der Waals surface area contributed by atoms with Crippen LogP contribution >= 0.6 is 23.2 Å². The lowest BCUT2D eigenvalue weighted by molar-refractivity contribution is -0.108. The van der Waals surface area contributed by atoms with E-state index < -0.39 is 0 Å². The van der Waals surface area contributed by atoms with Crippen LogP contribution in [-0.2, 0) is 17.8 Å². The third-order valence-electron chi connectivity index (χ3n) is 10.1. The van der Waals surface area contributed by atoms with Gasteiger partial charge in [-0.2, -0.15) is 0 Å². The maximum atomic E-state index is 13.8. The highest BCUT2D eigenvalue weighted by molar-refractivity contribution is 6.35. The van der Waals surface area contributed by atoms with Crippen LogP contribution in [0.4, 0.5) is 11.6 Å². The third-order valence-corrected chi connectivity index (χ3v) is 10.7. The standard InChI is InChI=1S/C32H40Cl2N6O3/c1-18-25-12-20(32(25,2)3)13-27(18)36-30(39-16-23(41)17-39)35-22-8-9-24-28(15-22)37-31(38(4)43-5)40(29(24)42)11-10-19-6-7-21(33)14-26(19)34/h6-9,14-15,18,20,23,25,27,41H,10-13,16-17H2,1-5H3,(H,35,36)/t18-,20-,25+,27-/m0/s1. The van der Waals surface area contributed by atoms with E-state index in [9.17, 15) is 9.90 Å². The summed E-state index contributed by atoms with van der Waals surface area (Å²) >= 11 is 12.5. The summed E-state index contributed by atoms with van der Waals surface area (Å²) in [4.78, 5) is 31.4. The van der Waals surface area contributed by atoms with Crippen LogP contribution < -0.4 is 15.9 Å². The van der Waals surface area contributed by atoms with Gasteiger partial charge in [0.15, 0.2) is 5.96 Å². The van der Waals surface area contributed by atoms with Crippen LogP contribution in [0.2, 0.25) is 10.0 Å². The Morgan fingerprint density at radius 3 is 2.63 bits per heavy atom. The first-order valence-electron chi connectivity index (χ1n) is 15.0. The highest BCUT2D eigenvalue weighted by Crippen LogP contribution is 2.61. The number of hydrogen-bond acceptors (Lipinski definition) is 6. The number of aryl methyl sites for hydroxylation is 1. The Hall–Kier alpha value is -2.85. The maximum Gasteiger partial charge on any atom is 0.262 e. The molecule has 4 fully saturated rings. The van der Waals surface area contributed by atoms with Gasteiger partial charge in [0.05, 0.1) is 30.2 Å². The molecule has 9 nitrogen and oxygen atoms in total. The number of nitrogens with zero attached hydrogens (tertiary/aromatic N) is 5. The highest BCUT2D eigenvalue weighted by atomic mass is 35.5. The zero-order valence-electron chi connectivity index (χ0n) is 25.3. The Kier molecular flexibility index (Phi) is 8.13. The summed E-state index contributed by atoms with van der Waals surface area (Å²) in [6, 6.07) is 11.2. The number of aliphatic hydroxyl groups excluding tert-OH is 1. The van der Waals surface area contributed by atoms with Crippen molar-refractivity contribution >= 4 is 51.7 Å². The molecule has 2 bridgehead atoms. The minimum Gasteiger partial charge on any atom is -0.389 e. The molecule has 43 heavy (non-hydrogen) atoms. The van der Waals surface area contributed by atoms with Gasteiger partial charge < -0.3 is 15.3 Å². The molecule has 3 aliphatic carbocycles. The first-order valence-corrected chi connectivity index (χ1v) is 15.8. The van der Waals surface area contributed by atoms with Crippen molar-refractivity contribution in [1.82, 2.24) is 14.5 Å². The van der Waals surface area contributed by atoms with E-state index in [0.717, 1.165) is 23.6 Å². The predicted molar refractivity (Wildman–Crippen MR) is 173 cm³/mol. The summed E-state index contributed by atoms with van der Waals surface area (Å²) in [5.41, 5.74) is 2.44. The Morgan fingerprint density at radius 1 is 1.21 bits per heavy atom. The second-order valence-electron chi connectivity index (χ2n) is 12.9. The number of hydrogen-bond donors (Lipinski definition) is 2. The molecule has 3 aromatic rings. The molecule has 0 spiro atoms. The van der Waals surface area contributed by atoms with E-state index in [1.165, 1.54) is 18.6 Å². The minimum absolute atomic E-state index is 0.168. The molecule has 0 unspecified atom stereocenters. The molecule has 4 aliphatic rings. The number of aliphatic hydroxyl groups is 1. The lowest BCUT2D eigenvalue weighted by Gasteiger charge is -2.61. The molecule has 3 saturated carbocycles. The Morgan fingerprint density at radius 2 is 1.98 bits per heavy atom. The lowest BCUT2D eigenvalue weighted by atomic mass is 9.45. The van der Waals surface area contributed by atoms with E-state index >= 15 is 0 Å². The molecule has 2 aromatic carbocycles.